The highest BCUT2D eigenvalue weighted by molar-refractivity contribution is 5.93. The number of nitrogens with one attached hydrogen (secondary N) is 3. The van der Waals surface area contributed by atoms with Crippen LogP contribution in [0.1, 0.15) is 34.7 Å². The van der Waals surface area contributed by atoms with Gasteiger partial charge in [-0.05, 0) is 44.5 Å². The van der Waals surface area contributed by atoms with E-state index in [4.69, 9.17) is 9.15 Å². The minimum atomic E-state index is -0.435. The van der Waals surface area contributed by atoms with Gasteiger partial charge in [0.25, 0.3) is 5.91 Å². The van der Waals surface area contributed by atoms with Gasteiger partial charge in [0.1, 0.15) is 11.9 Å². The predicted octanol–water partition coefficient (Wildman–Crippen LogP) is 4.42. The van der Waals surface area contributed by atoms with Gasteiger partial charge < -0.3 is 24.7 Å². The molecule has 2 aromatic carbocycles. The van der Waals surface area contributed by atoms with Crippen LogP contribution in [0.5, 0.6) is 0 Å². The number of amides is 2. The van der Waals surface area contributed by atoms with Gasteiger partial charge in [0, 0.05) is 37.3 Å². The maximum Gasteiger partial charge on any atom is 0.411 e. The molecule has 8 nitrogen and oxygen atoms in total. The van der Waals surface area contributed by atoms with E-state index in [1.807, 2.05) is 74.6 Å². The summed E-state index contributed by atoms with van der Waals surface area (Å²) in [5, 5.41) is 8.87. The van der Waals surface area contributed by atoms with Crippen LogP contribution in [0.3, 0.4) is 0 Å². The molecule has 0 aliphatic carbocycles. The minimum Gasteiger partial charge on any atom is -0.454 e. The zero-order valence-corrected chi connectivity index (χ0v) is 20.9. The van der Waals surface area contributed by atoms with Gasteiger partial charge in [0.2, 0.25) is 0 Å². The van der Waals surface area contributed by atoms with E-state index in [0.717, 1.165) is 60.6 Å². The van der Waals surface area contributed by atoms with Crippen molar-refractivity contribution in [3.63, 3.8) is 0 Å². The van der Waals surface area contributed by atoms with E-state index in [0.29, 0.717) is 18.8 Å². The van der Waals surface area contributed by atoms with E-state index >= 15 is 0 Å². The van der Waals surface area contributed by atoms with Crippen LogP contribution < -0.4 is 16.0 Å². The van der Waals surface area contributed by atoms with E-state index < -0.39 is 6.09 Å². The van der Waals surface area contributed by atoms with Crippen molar-refractivity contribution < 1.29 is 18.7 Å². The molecule has 3 aromatic rings. The Morgan fingerprint density at radius 3 is 2.53 bits per heavy atom. The predicted molar refractivity (Wildman–Crippen MR) is 140 cm³/mol. The molecule has 0 atom stereocenters. The number of carbonyl (C=O) groups is 2. The third kappa shape index (κ3) is 6.74. The van der Waals surface area contributed by atoms with Crippen molar-refractivity contribution in [2.24, 2.45) is 0 Å². The molecule has 1 aliphatic heterocycles. The van der Waals surface area contributed by atoms with Gasteiger partial charge in [-0.15, -0.1) is 0 Å². The lowest BCUT2D eigenvalue weighted by molar-refractivity contribution is 0.0586. The Kier molecular flexibility index (Phi) is 8.76. The second kappa shape index (κ2) is 12.4. The van der Waals surface area contributed by atoms with Gasteiger partial charge >= 0.3 is 6.09 Å². The molecule has 0 radical (unpaired) electrons. The Hall–Kier alpha value is -3.62. The first-order valence-corrected chi connectivity index (χ1v) is 12.4. The molecule has 0 bridgehead atoms. The van der Waals surface area contributed by atoms with Crippen molar-refractivity contribution in [1.82, 2.24) is 15.5 Å². The summed E-state index contributed by atoms with van der Waals surface area (Å²) in [5.74, 6) is 0.919. The molecule has 1 aromatic heterocycles. The second-order valence-electron chi connectivity index (χ2n) is 8.99. The molecule has 1 saturated heterocycles. The standard InChI is InChI=1S/C28H34N4O4/c1-20-18-23(19-29-2)35-26(20)27(33)30-14-17-32-15-12-22(13-16-32)36-28(34)31-25-11-7-6-10-24(25)21-8-4-3-5-9-21/h3-11,18,22,29H,12-17,19H2,1-2H3,(H,30,33)(H,31,34). The van der Waals surface area contributed by atoms with Gasteiger partial charge in [0.15, 0.2) is 5.76 Å². The number of para-hydroxylation sites is 1. The van der Waals surface area contributed by atoms with Crippen LogP contribution in [0.15, 0.2) is 65.1 Å². The lowest BCUT2D eigenvalue weighted by atomic mass is 10.0. The highest BCUT2D eigenvalue weighted by atomic mass is 16.6. The Morgan fingerprint density at radius 1 is 1.06 bits per heavy atom. The van der Waals surface area contributed by atoms with Crippen LogP contribution >= 0.6 is 0 Å². The van der Waals surface area contributed by atoms with Crippen molar-refractivity contribution in [3.05, 3.63) is 77.7 Å². The first kappa shape index (κ1) is 25.5. The van der Waals surface area contributed by atoms with E-state index in [1.54, 1.807) is 0 Å². The number of rotatable bonds is 9. The summed E-state index contributed by atoms with van der Waals surface area (Å²) in [6.07, 6.45) is 0.949. The number of furan rings is 1. The number of benzene rings is 2. The smallest absolute Gasteiger partial charge is 0.411 e. The van der Waals surface area contributed by atoms with Crippen LogP contribution in [0.25, 0.3) is 11.1 Å². The molecule has 0 saturated carbocycles. The van der Waals surface area contributed by atoms with Gasteiger partial charge in [0.05, 0.1) is 12.2 Å². The van der Waals surface area contributed by atoms with Gasteiger partial charge in [-0.3, -0.25) is 10.1 Å². The molecule has 3 N–H and O–H groups in total. The third-order valence-electron chi connectivity index (χ3n) is 6.30. The summed E-state index contributed by atoms with van der Waals surface area (Å²) in [6.45, 7) is 5.34. The number of piperidine rings is 1. The fourth-order valence-electron chi connectivity index (χ4n) is 4.45. The second-order valence-corrected chi connectivity index (χ2v) is 8.99. The van der Waals surface area contributed by atoms with Crippen molar-refractivity contribution >= 4 is 17.7 Å². The first-order valence-electron chi connectivity index (χ1n) is 12.4. The molecule has 0 spiro atoms. The zero-order valence-electron chi connectivity index (χ0n) is 20.9. The molecule has 8 heteroatoms. The van der Waals surface area contributed by atoms with Crippen molar-refractivity contribution in [2.45, 2.75) is 32.4 Å². The quantitative estimate of drug-likeness (QED) is 0.411. The number of aryl methyl sites for hydroxylation is 1. The number of hydrogen-bond donors (Lipinski definition) is 3. The van der Waals surface area contributed by atoms with E-state index in [-0.39, 0.29) is 12.0 Å². The van der Waals surface area contributed by atoms with Gasteiger partial charge in [-0.1, -0.05) is 48.5 Å². The molecular weight excluding hydrogens is 456 g/mol. The highest BCUT2D eigenvalue weighted by Crippen LogP contribution is 2.28. The molecule has 2 amide bonds. The lowest BCUT2D eigenvalue weighted by Crippen LogP contribution is -2.42. The fraction of sp³-hybridized carbons (Fsp3) is 0.357. The molecule has 36 heavy (non-hydrogen) atoms. The molecule has 1 fully saturated rings. The SMILES string of the molecule is CNCc1cc(C)c(C(=O)NCCN2CCC(OC(=O)Nc3ccccc3-c3ccccc3)CC2)o1. The molecule has 2 heterocycles. The average Bonchev–Trinajstić information content (AvgIpc) is 3.26. The Bertz CT molecular complexity index is 1150. The summed E-state index contributed by atoms with van der Waals surface area (Å²) in [6, 6.07) is 19.5. The molecular formula is C28H34N4O4. The average molecular weight is 491 g/mol. The lowest BCUT2D eigenvalue weighted by Gasteiger charge is -2.31. The largest absolute Gasteiger partial charge is 0.454 e. The van der Waals surface area contributed by atoms with Crippen LogP contribution in [-0.2, 0) is 11.3 Å². The Labute approximate surface area is 212 Å². The van der Waals surface area contributed by atoms with E-state index in [2.05, 4.69) is 20.9 Å². The van der Waals surface area contributed by atoms with Crippen LogP contribution in [-0.4, -0.2) is 56.2 Å². The number of carbonyl (C=O) groups excluding carboxylic acids is 2. The molecule has 4 rings (SSSR count). The molecule has 1 aliphatic rings. The summed E-state index contributed by atoms with van der Waals surface area (Å²) in [4.78, 5) is 27.3. The summed E-state index contributed by atoms with van der Waals surface area (Å²) < 4.78 is 11.3. The Balaban J connectivity index is 1.19. The number of nitrogens with zero attached hydrogens (tertiary/aromatic N) is 1. The summed E-state index contributed by atoms with van der Waals surface area (Å²) in [5.41, 5.74) is 3.55. The van der Waals surface area contributed by atoms with Crippen LogP contribution in [0.4, 0.5) is 10.5 Å². The van der Waals surface area contributed by atoms with Crippen molar-refractivity contribution in [1.29, 1.82) is 0 Å². The zero-order chi connectivity index (χ0) is 25.3. The molecule has 0 unspecified atom stereocenters. The summed E-state index contributed by atoms with van der Waals surface area (Å²) in [7, 11) is 1.84. The topological polar surface area (TPSA) is 95.8 Å². The number of ether oxygens (including phenoxy) is 1. The van der Waals surface area contributed by atoms with Crippen LogP contribution in [0.2, 0.25) is 0 Å². The highest BCUT2D eigenvalue weighted by Gasteiger charge is 2.23. The van der Waals surface area contributed by atoms with Crippen LogP contribution in [0, 0.1) is 6.92 Å². The first-order chi connectivity index (χ1) is 17.5. The van der Waals surface area contributed by atoms with Crippen molar-refractivity contribution in [2.75, 3.05) is 38.5 Å². The maximum atomic E-state index is 12.6. The third-order valence-corrected chi connectivity index (χ3v) is 6.30. The van der Waals surface area contributed by atoms with E-state index in [9.17, 15) is 9.59 Å². The summed E-state index contributed by atoms with van der Waals surface area (Å²) >= 11 is 0. The molecule has 190 valence electrons. The normalized spacial score (nSPS) is 14.4. The van der Waals surface area contributed by atoms with Crippen molar-refractivity contribution in [3.8, 4) is 11.1 Å². The van der Waals surface area contributed by atoms with Gasteiger partial charge in [-0.2, -0.15) is 0 Å². The minimum absolute atomic E-state index is 0.129. The maximum absolute atomic E-state index is 12.6. The number of hydrogen-bond acceptors (Lipinski definition) is 6. The Morgan fingerprint density at radius 2 is 1.78 bits per heavy atom. The van der Waals surface area contributed by atoms with Gasteiger partial charge in [-0.25, -0.2) is 4.79 Å². The number of likely N-dealkylation sites (tertiary alicyclic amines) is 1. The monoisotopic (exact) mass is 490 g/mol. The van der Waals surface area contributed by atoms with E-state index in [1.165, 1.54) is 0 Å². The number of anilines is 1. The fourth-order valence-corrected chi connectivity index (χ4v) is 4.45.